The molecule has 0 spiro atoms. The summed E-state index contributed by atoms with van der Waals surface area (Å²) >= 11 is 7.83. The van der Waals surface area contributed by atoms with Gasteiger partial charge in [0, 0.05) is 41.2 Å². The topological polar surface area (TPSA) is 64.4 Å². The van der Waals surface area contributed by atoms with Gasteiger partial charge in [0.1, 0.15) is 5.76 Å². The SMILES string of the molecule is Cc1cc(CSc2ccccc2C(=O)NCC2(c3cccc(Cl)c3)CCOCC2)on1. The van der Waals surface area contributed by atoms with E-state index in [1.54, 1.807) is 11.8 Å². The highest BCUT2D eigenvalue weighted by molar-refractivity contribution is 7.98. The number of carbonyl (C=O) groups is 1. The monoisotopic (exact) mass is 456 g/mol. The van der Waals surface area contributed by atoms with Gasteiger partial charge in [-0.1, -0.05) is 41.0 Å². The summed E-state index contributed by atoms with van der Waals surface area (Å²) < 4.78 is 10.9. The summed E-state index contributed by atoms with van der Waals surface area (Å²) in [6.45, 7) is 3.78. The van der Waals surface area contributed by atoms with Crippen LogP contribution in [0.2, 0.25) is 5.02 Å². The molecule has 1 N–H and O–H groups in total. The minimum absolute atomic E-state index is 0.0789. The van der Waals surface area contributed by atoms with Gasteiger partial charge in [-0.25, -0.2) is 0 Å². The third-order valence-corrected chi connectivity index (χ3v) is 6.98. The minimum Gasteiger partial charge on any atom is -0.381 e. The first-order chi connectivity index (χ1) is 15.1. The number of hydrogen-bond acceptors (Lipinski definition) is 5. The molecule has 2 heterocycles. The Kier molecular flexibility index (Phi) is 7.00. The molecule has 4 rings (SSSR count). The van der Waals surface area contributed by atoms with E-state index < -0.39 is 0 Å². The Hall–Kier alpha value is -2.28. The maximum Gasteiger partial charge on any atom is 0.252 e. The second-order valence-corrected chi connectivity index (χ2v) is 9.26. The largest absolute Gasteiger partial charge is 0.381 e. The molecular formula is C24H25ClN2O3S. The fourth-order valence-electron chi connectivity index (χ4n) is 3.91. The van der Waals surface area contributed by atoms with Crippen molar-refractivity contribution in [1.29, 1.82) is 0 Å². The van der Waals surface area contributed by atoms with Crippen LogP contribution in [0.4, 0.5) is 0 Å². The normalized spacial score (nSPS) is 15.5. The van der Waals surface area contributed by atoms with Crippen molar-refractivity contribution in [3.8, 4) is 0 Å². The number of hydrogen-bond donors (Lipinski definition) is 1. The van der Waals surface area contributed by atoms with Crippen LogP contribution >= 0.6 is 23.4 Å². The first-order valence-corrected chi connectivity index (χ1v) is 11.7. The van der Waals surface area contributed by atoms with Crippen LogP contribution in [0.25, 0.3) is 0 Å². The molecule has 1 aliphatic heterocycles. The highest BCUT2D eigenvalue weighted by Gasteiger charge is 2.35. The third kappa shape index (κ3) is 5.32. The number of ether oxygens (including phenoxy) is 1. The average molecular weight is 457 g/mol. The molecule has 7 heteroatoms. The molecule has 0 bridgehead atoms. The van der Waals surface area contributed by atoms with E-state index in [0.29, 0.717) is 36.1 Å². The van der Waals surface area contributed by atoms with Crippen LogP contribution in [-0.4, -0.2) is 30.8 Å². The molecule has 2 aromatic carbocycles. The molecule has 0 radical (unpaired) electrons. The first-order valence-electron chi connectivity index (χ1n) is 10.3. The molecule has 1 aliphatic rings. The van der Waals surface area contributed by atoms with Crippen LogP contribution in [0.5, 0.6) is 0 Å². The number of nitrogens with zero attached hydrogens (tertiary/aromatic N) is 1. The molecular weight excluding hydrogens is 432 g/mol. The lowest BCUT2D eigenvalue weighted by molar-refractivity contribution is 0.0487. The molecule has 1 amide bonds. The van der Waals surface area contributed by atoms with Crippen molar-refractivity contribution >= 4 is 29.3 Å². The molecule has 1 fully saturated rings. The van der Waals surface area contributed by atoms with E-state index in [0.717, 1.165) is 34.8 Å². The van der Waals surface area contributed by atoms with E-state index in [1.807, 2.05) is 55.5 Å². The zero-order valence-corrected chi connectivity index (χ0v) is 19.0. The summed E-state index contributed by atoms with van der Waals surface area (Å²) in [5, 5.41) is 7.81. The lowest BCUT2D eigenvalue weighted by atomic mass is 9.74. The van der Waals surface area contributed by atoms with Gasteiger partial charge in [-0.3, -0.25) is 4.79 Å². The van der Waals surface area contributed by atoms with Gasteiger partial charge in [0.25, 0.3) is 5.91 Å². The second kappa shape index (κ2) is 9.90. The third-order valence-electron chi connectivity index (χ3n) is 5.65. The van der Waals surface area contributed by atoms with Gasteiger partial charge in [0.05, 0.1) is 17.0 Å². The Bertz CT molecular complexity index is 1050. The molecule has 0 saturated carbocycles. The highest BCUT2D eigenvalue weighted by atomic mass is 35.5. The molecule has 162 valence electrons. The number of aryl methyl sites for hydroxylation is 1. The van der Waals surface area contributed by atoms with Gasteiger partial charge in [-0.15, -0.1) is 11.8 Å². The molecule has 5 nitrogen and oxygen atoms in total. The molecule has 31 heavy (non-hydrogen) atoms. The van der Waals surface area contributed by atoms with Crippen molar-refractivity contribution in [2.75, 3.05) is 19.8 Å². The molecule has 1 saturated heterocycles. The maximum absolute atomic E-state index is 13.1. The fraction of sp³-hybridized carbons (Fsp3) is 0.333. The molecule has 3 aromatic rings. The minimum atomic E-state index is -0.182. The fourth-order valence-corrected chi connectivity index (χ4v) is 5.02. The first kappa shape index (κ1) is 21.9. The van der Waals surface area contributed by atoms with Gasteiger partial charge in [-0.05, 0) is 49.6 Å². The summed E-state index contributed by atoms with van der Waals surface area (Å²) in [7, 11) is 0. The van der Waals surface area contributed by atoms with Crippen molar-refractivity contribution in [1.82, 2.24) is 10.5 Å². The van der Waals surface area contributed by atoms with E-state index in [1.165, 1.54) is 0 Å². The van der Waals surface area contributed by atoms with Crippen molar-refractivity contribution in [3.63, 3.8) is 0 Å². The smallest absolute Gasteiger partial charge is 0.252 e. The Labute approximate surface area is 191 Å². The molecule has 0 unspecified atom stereocenters. The second-order valence-electron chi connectivity index (χ2n) is 7.81. The van der Waals surface area contributed by atoms with Crippen LogP contribution in [0.3, 0.4) is 0 Å². The summed E-state index contributed by atoms with van der Waals surface area (Å²) in [6.07, 6.45) is 1.68. The zero-order chi connectivity index (χ0) is 21.7. The van der Waals surface area contributed by atoms with Crippen molar-refractivity contribution in [3.05, 3.63) is 82.2 Å². The van der Waals surface area contributed by atoms with Crippen LogP contribution in [0.15, 0.2) is 64.0 Å². The van der Waals surface area contributed by atoms with Crippen molar-refractivity contribution in [2.45, 2.75) is 35.8 Å². The van der Waals surface area contributed by atoms with E-state index in [2.05, 4.69) is 16.5 Å². The number of aromatic nitrogens is 1. The lowest BCUT2D eigenvalue weighted by Gasteiger charge is -2.38. The summed E-state index contributed by atoms with van der Waals surface area (Å²) in [5.74, 6) is 1.33. The van der Waals surface area contributed by atoms with Crippen LogP contribution in [0, 0.1) is 6.92 Å². The van der Waals surface area contributed by atoms with Gasteiger partial charge in [-0.2, -0.15) is 0 Å². The number of rotatable bonds is 7. The Morgan fingerprint density at radius 3 is 2.71 bits per heavy atom. The van der Waals surface area contributed by atoms with Gasteiger partial charge in [0.2, 0.25) is 0 Å². The number of amides is 1. The number of carbonyl (C=O) groups excluding carboxylic acids is 1. The van der Waals surface area contributed by atoms with Crippen molar-refractivity contribution in [2.24, 2.45) is 0 Å². The Morgan fingerprint density at radius 1 is 1.16 bits per heavy atom. The van der Waals surface area contributed by atoms with Crippen LogP contribution in [0.1, 0.15) is 40.2 Å². The molecule has 1 aromatic heterocycles. The number of halogens is 1. The van der Waals surface area contributed by atoms with Crippen LogP contribution in [-0.2, 0) is 15.9 Å². The standard InChI is InChI=1S/C24H25ClN2O3S/c1-17-13-20(30-27-17)15-31-22-8-3-2-7-21(22)23(28)26-16-24(9-11-29-12-10-24)18-5-4-6-19(25)14-18/h2-8,13-14H,9-12,15-16H2,1H3,(H,26,28). The molecule has 0 aliphatic carbocycles. The predicted molar refractivity (Wildman–Crippen MR) is 123 cm³/mol. The Morgan fingerprint density at radius 2 is 1.97 bits per heavy atom. The number of benzene rings is 2. The summed E-state index contributed by atoms with van der Waals surface area (Å²) in [5.41, 5.74) is 2.48. The number of thioether (sulfide) groups is 1. The van der Waals surface area contributed by atoms with E-state index >= 15 is 0 Å². The van der Waals surface area contributed by atoms with E-state index in [4.69, 9.17) is 20.9 Å². The molecule has 0 atom stereocenters. The lowest BCUT2D eigenvalue weighted by Crippen LogP contribution is -2.44. The summed E-state index contributed by atoms with van der Waals surface area (Å²) in [6, 6.07) is 17.5. The zero-order valence-electron chi connectivity index (χ0n) is 17.4. The van der Waals surface area contributed by atoms with Gasteiger partial charge < -0.3 is 14.6 Å². The van der Waals surface area contributed by atoms with Crippen LogP contribution < -0.4 is 5.32 Å². The maximum atomic E-state index is 13.1. The van der Waals surface area contributed by atoms with E-state index in [9.17, 15) is 4.79 Å². The van der Waals surface area contributed by atoms with Crippen molar-refractivity contribution < 1.29 is 14.1 Å². The quantitative estimate of drug-likeness (QED) is 0.482. The van der Waals surface area contributed by atoms with E-state index in [-0.39, 0.29) is 11.3 Å². The summed E-state index contributed by atoms with van der Waals surface area (Å²) in [4.78, 5) is 14.1. The van der Waals surface area contributed by atoms with Gasteiger partial charge >= 0.3 is 0 Å². The number of nitrogens with one attached hydrogen (secondary N) is 1. The predicted octanol–water partition coefficient (Wildman–Crippen LogP) is 5.41. The average Bonchev–Trinajstić information content (AvgIpc) is 3.22. The van der Waals surface area contributed by atoms with Gasteiger partial charge in [0.15, 0.2) is 0 Å². The highest BCUT2D eigenvalue weighted by Crippen LogP contribution is 2.35. The Balaban J connectivity index is 1.48.